The predicted octanol–water partition coefficient (Wildman–Crippen LogP) is 5.24. The van der Waals surface area contributed by atoms with Crippen molar-refractivity contribution in [1.82, 2.24) is 0 Å². The number of rotatable bonds is 2. The van der Waals surface area contributed by atoms with Gasteiger partial charge in [0.25, 0.3) is 0 Å². The molecule has 0 saturated heterocycles. The summed E-state index contributed by atoms with van der Waals surface area (Å²) in [5.41, 5.74) is 2.72. The van der Waals surface area contributed by atoms with Gasteiger partial charge in [-0.25, -0.2) is 0 Å². The Morgan fingerprint density at radius 2 is 0.778 bits per heavy atom. The normalized spacial score (nSPS) is 18.1. The molecule has 140 valence electrons. The van der Waals surface area contributed by atoms with Gasteiger partial charge in [-0.1, -0.05) is 87.1 Å². The molecular weight excluding hydrogens is 458 g/mol. The van der Waals surface area contributed by atoms with Crippen LogP contribution in [0.2, 0.25) is 0 Å². The van der Waals surface area contributed by atoms with Gasteiger partial charge in [-0.15, -0.1) is 11.5 Å². The Morgan fingerprint density at radius 3 is 1.07 bits per heavy atom. The molecule has 2 aliphatic rings. The third kappa shape index (κ3) is 7.51. The summed E-state index contributed by atoms with van der Waals surface area (Å²) in [4.78, 5) is 0. The summed E-state index contributed by atoms with van der Waals surface area (Å²) >= 11 is 0. The fourth-order valence-corrected chi connectivity index (χ4v) is 4.35. The van der Waals surface area contributed by atoms with Crippen molar-refractivity contribution < 1.29 is 10.2 Å². The first-order valence-corrected chi connectivity index (χ1v) is 10.3. The molecule has 0 atom stereocenters. The summed E-state index contributed by atoms with van der Waals surface area (Å²) in [6.07, 6.45) is 13.4. The molecule has 2 aromatic rings. The molecule has 2 aliphatic carbocycles. The molecule has 2 aromatic carbocycles. The van der Waals surface area contributed by atoms with Crippen molar-refractivity contribution in [2.75, 3.05) is 0 Å². The zero-order valence-electron chi connectivity index (χ0n) is 16.4. The van der Waals surface area contributed by atoms with Crippen LogP contribution < -0.4 is 10.2 Å². The maximum atomic E-state index is 10.9. The van der Waals surface area contributed by atoms with E-state index in [0.29, 0.717) is 11.8 Å². The van der Waals surface area contributed by atoms with E-state index in [-0.39, 0.29) is 60.4 Å². The van der Waals surface area contributed by atoms with Crippen LogP contribution in [0, 0.1) is 0 Å². The van der Waals surface area contributed by atoms with Gasteiger partial charge < -0.3 is 10.2 Å². The van der Waals surface area contributed by atoms with Crippen molar-refractivity contribution >= 4 is 48.9 Å². The topological polar surface area (TPSA) is 46.1 Å². The van der Waals surface area contributed by atoms with E-state index in [1.165, 1.54) is 75.3 Å². The molecule has 0 aromatic heterocycles. The molecule has 0 radical (unpaired) electrons. The molecule has 0 spiro atoms. The van der Waals surface area contributed by atoms with E-state index in [2.05, 4.69) is 0 Å². The Kier molecular flexibility index (Phi) is 10.4. The molecule has 3 heteroatoms. The summed E-state index contributed by atoms with van der Waals surface area (Å²) in [5, 5.41) is 21.8. The first-order chi connectivity index (χ1) is 12.7. The fourth-order valence-electron chi connectivity index (χ4n) is 4.35. The minimum Gasteiger partial charge on any atom is -0.872 e. The van der Waals surface area contributed by atoms with Gasteiger partial charge in [0.05, 0.1) is 0 Å². The molecule has 0 heterocycles. The van der Waals surface area contributed by atoms with Crippen molar-refractivity contribution in [2.24, 2.45) is 0 Å². The molecule has 2 fully saturated rings. The number of benzene rings is 2. The average molecular weight is 488 g/mol. The van der Waals surface area contributed by atoms with E-state index in [1.807, 2.05) is 24.3 Å². The van der Waals surface area contributed by atoms with E-state index in [4.69, 9.17) is 0 Å². The van der Waals surface area contributed by atoms with Crippen LogP contribution in [0.4, 0.5) is 0 Å². The van der Waals surface area contributed by atoms with Gasteiger partial charge in [-0.3, -0.25) is 0 Å². The van der Waals surface area contributed by atoms with Gasteiger partial charge in [-0.05, 0) is 48.6 Å². The standard InChI is InChI=1S/2C12H16O.Ba/c2*13-12-8-6-11(7-9-12)10-4-2-1-3-5-10;/h2*6-10,13H,1-5H2;/q;;+2/p-2. The van der Waals surface area contributed by atoms with Gasteiger partial charge in [0.15, 0.2) is 0 Å². The van der Waals surface area contributed by atoms with Crippen LogP contribution in [0.25, 0.3) is 0 Å². The molecule has 0 N–H and O–H groups in total. The Bertz CT molecular complexity index is 580. The third-order valence-electron chi connectivity index (χ3n) is 5.91. The zero-order chi connectivity index (χ0) is 18.2. The minimum atomic E-state index is 0. The fraction of sp³-hybridized carbons (Fsp3) is 0.500. The van der Waals surface area contributed by atoms with Crippen LogP contribution in [0.15, 0.2) is 48.5 Å². The number of hydrogen-bond donors (Lipinski definition) is 0. The molecule has 27 heavy (non-hydrogen) atoms. The van der Waals surface area contributed by atoms with E-state index in [9.17, 15) is 10.2 Å². The van der Waals surface area contributed by atoms with Crippen LogP contribution in [0.1, 0.15) is 87.2 Å². The van der Waals surface area contributed by atoms with E-state index >= 15 is 0 Å². The molecule has 2 saturated carbocycles. The SMILES string of the molecule is [Ba+2].[O-]c1ccc(C2CCCCC2)cc1.[O-]c1ccc(C2CCCCC2)cc1. The molecule has 4 rings (SSSR count). The molecular formula is C24H30BaO2. The second kappa shape index (κ2) is 12.2. The van der Waals surface area contributed by atoms with Crippen molar-refractivity contribution in [2.45, 2.75) is 76.0 Å². The second-order valence-corrected chi connectivity index (χ2v) is 7.81. The van der Waals surface area contributed by atoms with Crippen molar-refractivity contribution in [1.29, 1.82) is 0 Å². The molecule has 0 amide bonds. The second-order valence-electron chi connectivity index (χ2n) is 7.81. The molecule has 0 aliphatic heterocycles. The first kappa shape index (κ1) is 22.9. The molecule has 0 bridgehead atoms. The van der Waals surface area contributed by atoms with Gasteiger partial charge in [0.2, 0.25) is 0 Å². The van der Waals surface area contributed by atoms with Crippen LogP contribution >= 0.6 is 0 Å². The van der Waals surface area contributed by atoms with Crippen molar-refractivity contribution in [3.05, 3.63) is 59.7 Å². The van der Waals surface area contributed by atoms with E-state index in [0.717, 1.165) is 0 Å². The number of hydrogen-bond acceptors (Lipinski definition) is 2. The Hall–Kier alpha value is -0.389. The monoisotopic (exact) mass is 488 g/mol. The van der Waals surface area contributed by atoms with Crippen LogP contribution in [-0.2, 0) is 0 Å². The van der Waals surface area contributed by atoms with Crippen LogP contribution in [0.5, 0.6) is 11.5 Å². The van der Waals surface area contributed by atoms with Crippen molar-refractivity contribution in [3.63, 3.8) is 0 Å². The Morgan fingerprint density at radius 1 is 0.481 bits per heavy atom. The zero-order valence-corrected chi connectivity index (χ0v) is 20.8. The van der Waals surface area contributed by atoms with E-state index in [1.54, 1.807) is 24.3 Å². The summed E-state index contributed by atoms with van der Waals surface area (Å²) in [7, 11) is 0. The van der Waals surface area contributed by atoms with Gasteiger partial charge in [0.1, 0.15) is 0 Å². The first-order valence-electron chi connectivity index (χ1n) is 10.3. The van der Waals surface area contributed by atoms with E-state index < -0.39 is 0 Å². The van der Waals surface area contributed by atoms with Crippen molar-refractivity contribution in [3.8, 4) is 11.5 Å². The van der Waals surface area contributed by atoms with Gasteiger partial charge >= 0.3 is 48.9 Å². The summed E-state index contributed by atoms with van der Waals surface area (Å²) in [6, 6.07) is 14.7. The summed E-state index contributed by atoms with van der Waals surface area (Å²) < 4.78 is 0. The third-order valence-corrected chi connectivity index (χ3v) is 5.91. The van der Waals surface area contributed by atoms with Gasteiger partial charge in [0, 0.05) is 0 Å². The predicted molar refractivity (Wildman–Crippen MR) is 109 cm³/mol. The largest absolute Gasteiger partial charge is 2.00 e. The minimum absolute atomic E-state index is 0. The molecule has 2 nitrogen and oxygen atoms in total. The molecule has 0 unspecified atom stereocenters. The smallest absolute Gasteiger partial charge is 0.872 e. The Labute approximate surface area is 204 Å². The maximum Gasteiger partial charge on any atom is 2.00 e. The van der Waals surface area contributed by atoms with Crippen LogP contribution in [0.3, 0.4) is 0 Å². The summed E-state index contributed by atoms with van der Waals surface area (Å²) in [5.74, 6) is 1.68. The van der Waals surface area contributed by atoms with Crippen LogP contribution in [-0.4, -0.2) is 48.9 Å². The quantitative estimate of drug-likeness (QED) is 0.544. The average Bonchev–Trinajstić information content (AvgIpc) is 2.71. The maximum absolute atomic E-state index is 10.9. The summed E-state index contributed by atoms with van der Waals surface area (Å²) in [6.45, 7) is 0. The Balaban J connectivity index is 0.000000187. The van der Waals surface area contributed by atoms with Gasteiger partial charge in [-0.2, -0.15) is 0 Å².